The molecule has 1 aromatic carbocycles. The number of methoxy groups -OCH3 is 1. The highest BCUT2D eigenvalue weighted by Gasteiger charge is 2.30. The highest BCUT2D eigenvalue weighted by Crippen LogP contribution is 2.51. The third kappa shape index (κ3) is 9.61. The van der Waals surface area contributed by atoms with Crippen molar-refractivity contribution in [3.05, 3.63) is 35.4 Å². The molecule has 0 saturated carbocycles. The van der Waals surface area contributed by atoms with Crippen molar-refractivity contribution in [2.24, 2.45) is 10.8 Å². The normalized spacial score (nSPS) is 12.3. The van der Waals surface area contributed by atoms with Crippen LogP contribution in [0, 0.1) is 10.8 Å². The van der Waals surface area contributed by atoms with Crippen LogP contribution in [0.5, 0.6) is 12.0 Å². The van der Waals surface area contributed by atoms with Gasteiger partial charge in [0.1, 0.15) is 6.61 Å². The predicted molar refractivity (Wildman–Crippen MR) is 159 cm³/mol. The molecule has 15 nitrogen and oxygen atoms in total. The highest BCUT2D eigenvalue weighted by atomic mass is 31.2. The summed E-state index contributed by atoms with van der Waals surface area (Å²) >= 11 is 0. The Morgan fingerprint density at radius 1 is 0.932 bits per heavy atom. The second-order valence-corrected chi connectivity index (χ2v) is 13.9. The van der Waals surface area contributed by atoms with E-state index in [1.165, 1.54) is 11.7 Å². The maximum absolute atomic E-state index is 13.7. The van der Waals surface area contributed by atoms with Crippen LogP contribution in [0.4, 0.5) is 5.82 Å². The van der Waals surface area contributed by atoms with Crippen LogP contribution in [0.2, 0.25) is 0 Å². The SMILES string of the molecule is COCCOc1nc(N)c2nc(O)n(Cc3cccc(CP(=O)(OCOC(=O)C(C)(C)C)OCOC(=O)C(C)(C)C)c3)c2n1. The van der Waals surface area contributed by atoms with Gasteiger partial charge in [-0.3, -0.25) is 27.8 Å². The molecule has 0 aliphatic rings. The lowest BCUT2D eigenvalue weighted by Crippen LogP contribution is -2.24. The highest BCUT2D eigenvalue weighted by molar-refractivity contribution is 7.53. The third-order valence-corrected chi connectivity index (χ3v) is 7.66. The number of hydrogen-bond donors (Lipinski definition) is 2. The Morgan fingerprint density at radius 3 is 2.09 bits per heavy atom. The number of ether oxygens (including phenoxy) is 4. The number of hydrogen-bond acceptors (Lipinski definition) is 14. The number of rotatable bonds is 14. The van der Waals surface area contributed by atoms with Gasteiger partial charge in [0.25, 0.3) is 6.01 Å². The van der Waals surface area contributed by atoms with Gasteiger partial charge in [-0.05, 0) is 52.7 Å². The molecule has 2 heterocycles. The maximum Gasteiger partial charge on any atom is 0.340 e. The van der Waals surface area contributed by atoms with E-state index < -0.39 is 44.0 Å². The van der Waals surface area contributed by atoms with Crippen LogP contribution in [-0.2, 0) is 50.1 Å². The lowest BCUT2D eigenvalue weighted by Gasteiger charge is -2.22. The summed E-state index contributed by atoms with van der Waals surface area (Å²) in [6.07, 6.45) is -0.246. The summed E-state index contributed by atoms with van der Waals surface area (Å²) < 4.78 is 46.8. The first-order valence-electron chi connectivity index (χ1n) is 13.7. The van der Waals surface area contributed by atoms with Crippen molar-refractivity contribution in [2.45, 2.75) is 54.2 Å². The fraction of sp³-hybridized carbons (Fsp3) is 0.536. The van der Waals surface area contributed by atoms with E-state index in [2.05, 4.69) is 15.0 Å². The van der Waals surface area contributed by atoms with Gasteiger partial charge in [0.15, 0.2) is 17.0 Å². The number of carbonyl (C=O) groups excluding carboxylic acids is 2. The fourth-order valence-electron chi connectivity index (χ4n) is 3.53. The molecule has 0 aliphatic carbocycles. The summed E-state index contributed by atoms with van der Waals surface area (Å²) in [7, 11) is -2.48. The average molecular weight is 638 g/mol. The molecule has 242 valence electrons. The predicted octanol–water partition coefficient (Wildman–Crippen LogP) is 4.01. The Labute approximate surface area is 255 Å². The van der Waals surface area contributed by atoms with Crippen molar-refractivity contribution >= 4 is 36.5 Å². The van der Waals surface area contributed by atoms with Crippen LogP contribution in [0.1, 0.15) is 52.7 Å². The third-order valence-electron chi connectivity index (χ3n) is 5.91. The molecule has 2 aromatic heterocycles. The quantitative estimate of drug-likeness (QED) is 0.111. The second-order valence-electron chi connectivity index (χ2n) is 11.8. The van der Waals surface area contributed by atoms with Crippen LogP contribution >= 0.6 is 7.60 Å². The van der Waals surface area contributed by atoms with E-state index in [4.69, 9.17) is 33.7 Å². The summed E-state index contributed by atoms with van der Waals surface area (Å²) in [5.41, 5.74) is 6.04. The minimum absolute atomic E-state index is 0.00323. The number of esters is 2. The number of anilines is 1. The molecular formula is C28H40N5O10P. The Hall–Kier alpha value is -3.78. The largest absolute Gasteiger partial charge is 0.480 e. The van der Waals surface area contributed by atoms with Crippen LogP contribution in [0.3, 0.4) is 0 Å². The Kier molecular flexibility index (Phi) is 11.3. The molecule has 44 heavy (non-hydrogen) atoms. The van der Waals surface area contributed by atoms with Gasteiger partial charge in [-0.1, -0.05) is 24.3 Å². The number of nitrogens with two attached hydrogens (primary N) is 1. The standard InChI is InChI=1S/C28H40N5O10P/c1-27(2,3)23(34)40-16-42-44(37,43-17-41-24(35)28(4,5)6)15-19-10-8-9-18(13-19)14-33-22-20(30-26(33)36)21(29)31-25(32-22)39-12-11-38-7/h8-10,13H,11-12,14-17H2,1-7H3,(H,30,36)(H2,29,31,32). The maximum atomic E-state index is 13.7. The molecule has 3 aromatic rings. The minimum atomic E-state index is -4.01. The zero-order valence-corrected chi connectivity index (χ0v) is 26.9. The van der Waals surface area contributed by atoms with Crippen LogP contribution in [-0.4, -0.2) is 70.5 Å². The molecule has 0 bridgehead atoms. The number of carbonyl (C=O) groups is 2. The number of fused-ring (bicyclic) bond motifs is 1. The molecule has 0 saturated heterocycles. The molecule has 0 spiro atoms. The van der Waals surface area contributed by atoms with E-state index in [-0.39, 0.29) is 48.3 Å². The van der Waals surface area contributed by atoms with Crippen molar-refractivity contribution in [2.75, 3.05) is 39.6 Å². The molecule has 0 radical (unpaired) electrons. The van der Waals surface area contributed by atoms with Gasteiger partial charge in [-0.15, -0.1) is 0 Å². The van der Waals surface area contributed by atoms with E-state index in [1.807, 2.05) is 0 Å². The fourth-order valence-corrected chi connectivity index (χ4v) is 4.86. The summed E-state index contributed by atoms with van der Waals surface area (Å²) in [6, 6.07) is 6.55. The monoisotopic (exact) mass is 637 g/mol. The van der Waals surface area contributed by atoms with Crippen molar-refractivity contribution < 1.29 is 47.3 Å². The van der Waals surface area contributed by atoms with Gasteiger partial charge >= 0.3 is 25.5 Å². The molecule has 0 aliphatic heterocycles. The Bertz CT molecular complexity index is 1480. The van der Waals surface area contributed by atoms with Crippen molar-refractivity contribution in [3.63, 3.8) is 0 Å². The van der Waals surface area contributed by atoms with Crippen LogP contribution in [0.25, 0.3) is 11.2 Å². The van der Waals surface area contributed by atoms with E-state index in [0.717, 1.165) is 0 Å². The minimum Gasteiger partial charge on any atom is -0.480 e. The number of nitrogen functional groups attached to an aromatic ring is 1. The van der Waals surface area contributed by atoms with Gasteiger partial charge in [-0.2, -0.15) is 15.0 Å². The van der Waals surface area contributed by atoms with Gasteiger partial charge in [0.2, 0.25) is 13.6 Å². The van der Waals surface area contributed by atoms with Crippen LogP contribution in [0.15, 0.2) is 24.3 Å². The molecule has 0 fully saturated rings. The number of benzene rings is 1. The molecule has 0 atom stereocenters. The Balaban J connectivity index is 1.82. The van der Waals surface area contributed by atoms with Gasteiger partial charge in [0.05, 0.1) is 30.1 Å². The number of aromatic hydroxyl groups is 1. The zero-order valence-electron chi connectivity index (χ0n) is 26.0. The molecule has 0 amide bonds. The average Bonchev–Trinajstić information content (AvgIpc) is 3.23. The smallest absolute Gasteiger partial charge is 0.340 e. The molecular weight excluding hydrogens is 597 g/mol. The van der Waals surface area contributed by atoms with Gasteiger partial charge in [-0.25, -0.2) is 0 Å². The van der Waals surface area contributed by atoms with E-state index in [0.29, 0.717) is 17.7 Å². The van der Waals surface area contributed by atoms with Gasteiger partial charge in [0, 0.05) is 7.11 Å². The first kappa shape index (κ1) is 34.7. The van der Waals surface area contributed by atoms with Crippen molar-refractivity contribution in [1.29, 1.82) is 0 Å². The van der Waals surface area contributed by atoms with E-state index in [1.54, 1.807) is 65.8 Å². The molecule has 3 N–H and O–H groups in total. The lowest BCUT2D eigenvalue weighted by atomic mass is 9.98. The zero-order chi connectivity index (χ0) is 32.7. The molecule has 3 rings (SSSR count). The summed E-state index contributed by atoms with van der Waals surface area (Å²) in [4.78, 5) is 36.9. The first-order chi connectivity index (χ1) is 20.5. The van der Waals surface area contributed by atoms with E-state index in [9.17, 15) is 19.3 Å². The van der Waals surface area contributed by atoms with Crippen molar-refractivity contribution in [1.82, 2.24) is 19.5 Å². The topological polar surface area (TPSA) is 196 Å². The summed E-state index contributed by atoms with van der Waals surface area (Å²) in [5.74, 6) is -1.09. The number of nitrogens with zero attached hydrogens (tertiary/aromatic N) is 4. The second kappa shape index (κ2) is 14.3. The number of aromatic nitrogens is 4. The number of imidazole rings is 1. The van der Waals surface area contributed by atoms with Crippen LogP contribution < -0.4 is 10.5 Å². The molecule has 0 unspecified atom stereocenters. The van der Waals surface area contributed by atoms with Crippen molar-refractivity contribution in [3.8, 4) is 12.0 Å². The summed E-state index contributed by atoms with van der Waals surface area (Å²) in [5, 5.41) is 10.6. The van der Waals surface area contributed by atoms with Gasteiger partial charge < -0.3 is 29.8 Å². The summed E-state index contributed by atoms with van der Waals surface area (Å²) in [6.45, 7) is 9.34. The molecule has 16 heteroatoms. The Morgan fingerprint density at radius 2 is 1.52 bits per heavy atom. The lowest BCUT2D eigenvalue weighted by molar-refractivity contribution is -0.162. The first-order valence-corrected chi connectivity index (χ1v) is 15.4. The van der Waals surface area contributed by atoms with E-state index >= 15 is 0 Å².